The van der Waals surface area contributed by atoms with Crippen molar-refractivity contribution in [3.8, 4) is 0 Å². The largest absolute Gasteiger partial charge is 0.396 e. The van der Waals surface area contributed by atoms with Gasteiger partial charge in [-0.2, -0.15) is 0 Å². The molecule has 0 aromatic heterocycles. The van der Waals surface area contributed by atoms with Gasteiger partial charge in [0, 0.05) is 35.2 Å². The number of amides is 2. The molecule has 1 saturated carbocycles. The first kappa shape index (κ1) is 17.4. The Morgan fingerprint density at radius 2 is 2.00 bits per heavy atom. The monoisotopic (exact) mass is 304 g/mol. The zero-order valence-corrected chi connectivity index (χ0v) is 13.5. The van der Waals surface area contributed by atoms with Crippen LogP contribution in [0.1, 0.15) is 46.5 Å². The summed E-state index contributed by atoms with van der Waals surface area (Å²) < 4.78 is 12.0. The van der Waals surface area contributed by atoms with Gasteiger partial charge in [0.25, 0.3) is 0 Å². The van der Waals surface area contributed by atoms with Crippen molar-refractivity contribution in [1.82, 2.24) is 10.6 Å². The van der Waals surface area contributed by atoms with Crippen molar-refractivity contribution in [3.05, 3.63) is 0 Å². The van der Waals surface area contributed by atoms with Crippen molar-refractivity contribution in [3.63, 3.8) is 0 Å². The van der Waals surface area contributed by atoms with Crippen LogP contribution in [-0.2, 0) is 10.8 Å². The number of hydrogen-bond donors (Lipinski definition) is 3. The smallest absolute Gasteiger partial charge is 0.315 e. The van der Waals surface area contributed by atoms with Crippen LogP contribution in [0, 0.1) is 5.92 Å². The maximum absolute atomic E-state index is 12.0. The van der Waals surface area contributed by atoms with Crippen LogP contribution in [0.15, 0.2) is 0 Å². The van der Waals surface area contributed by atoms with Crippen molar-refractivity contribution in [1.29, 1.82) is 0 Å². The molecule has 0 aromatic carbocycles. The normalized spacial score (nSPS) is 27.4. The zero-order valence-electron chi connectivity index (χ0n) is 12.7. The Morgan fingerprint density at radius 3 is 2.60 bits per heavy atom. The van der Waals surface area contributed by atoms with Gasteiger partial charge >= 0.3 is 6.03 Å². The van der Waals surface area contributed by atoms with Gasteiger partial charge in [0.1, 0.15) is 0 Å². The molecule has 0 unspecified atom stereocenters. The zero-order chi connectivity index (χ0) is 15.1. The number of carbonyl (C=O) groups excluding carboxylic acids is 1. The predicted molar refractivity (Wildman–Crippen MR) is 82.1 cm³/mol. The lowest BCUT2D eigenvalue weighted by Crippen LogP contribution is -2.53. The molecule has 1 aliphatic rings. The fourth-order valence-corrected chi connectivity index (χ4v) is 3.94. The predicted octanol–water partition coefficient (Wildman–Crippen LogP) is 1.38. The van der Waals surface area contributed by atoms with E-state index in [1.54, 1.807) is 0 Å². The van der Waals surface area contributed by atoms with Gasteiger partial charge in [-0.25, -0.2) is 4.79 Å². The van der Waals surface area contributed by atoms with E-state index in [0.29, 0.717) is 5.75 Å². The third kappa shape index (κ3) is 5.05. The molecule has 0 saturated heterocycles. The molecular weight excluding hydrogens is 276 g/mol. The van der Waals surface area contributed by atoms with Crippen LogP contribution in [0.2, 0.25) is 0 Å². The van der Waals surface area contributed by atoms with Crippen LogP contribution in [0.4, 0.5) is 4.79 Å². The van der Waals surface area contributed by atoms with E-state index in [9.17, 15) is 9.00 Å². The van der Waals surface area contributed by atoms with Gasteiger partial charge in [0.15, 0.2) is 0 Å². The maximum Gasteiger partial charge on any atom is 0.315 e. The molecule has 20 heavy (non-hydrogen) atoms. The molecule has 0 bridgehead atoms. The highest BCUT2D eigenvalue weighted by Crippen LogP contribution is 2.23. The van der Waals surface area contributed by atoms with Gasteiger partial charge in [-0.15, -0.1) is 0 Å². The van der Waals surface area contributed by atoms with Crippen LogP contribution >= 0.6 is 0 Å². The Bertz CT molecular complexity index is 338. The number of aliphatic hydroxyl groups excluding tert-OH is 1. The molecule has 1 aliphatic carbocycles. The number of hydrogen-bond acceptors (Lipinski definition) is 3. The average molecular weight is 304 g/mol. The van der Waals surface area contributed by atoms with E-state index in [-0.39, 0.29) is 35.9 Å². The van der Waals surface area contributed by atoms with Crippen LogP contribution in [0.3, 0.4) is 0 Å². The number of aliphatic hydroxyl groups is 1. The summed E-state index contributed by atoms with van der Waals surface area (Å²) >= 11 is 0. The minimum Gasteiger partial charge on any atom is -0.396 e. The number of urea groups is 1. The molecule has 1 fully saturated rings. The molecule has 0 radical (unpaired) electrons. The van der Waals surface area contributed by atoms with Gasteiger partial charge in [-0.05, 0) is 25.7 Å². The molecule has 1 rings (SSSR count). The van der Waals surface area contributed by atoms with E-state index >= 15 is 0 Å². The summed E-state index contributed by atoms with van der Waals surface area (Å²) in [5.41, 5.74) is 0. The summed E-state index contributed by atoms with van der Waals surface area (Å²) in [5.74, 6) is 0.662. The third-order valence-electron chi connectivity index (χ3n) is 4.14. The molecule has 0 aromatic rings. The highest BCUT2D eigenvalue weighted by molar-refractivity contribution is 7.85. The third-order valence-corrected chi connectivity index (χ3v) is 5.95. The highest BCUT2D eigenvalue weighted by Gasteiger charge is 2.30. The van der Waals surface area contributed by atoms with Gasteiger partial charge in [0.05, 0.1) is 5.25 Å². The van der Waals surface area contributed by atoms with E-state index < -0.39 is 10.8 Å². The minimum absolute atomic E-state index is 0.00108. The Balaban J connectivity index is 2.52. The van der Waals surface area contributed by atoms with E-state index in [4.69, 9.17) is 5.11 Å². The summed E-state index contributed by atoms with van der Waals surface area (Å²) in [5, 5.41) is 15.0. The summed E-state index contributed by atoms with van der Waals surface area (Å²) in [6.45, 7) is 5.74. The van der Waals surface area contributed by atoms with Crippen molar-refractivity contribution in [2.24, 2.45) is 5.92 Å². The highest BCUT2D eigenvalue weighted by atomic mass is 32.2. The van der Waals surface area contributed by atoms with Gasteiger partial charge in [-0.1, -0.05) is 26.7 Å². The molecule has 118 valence electrons. The number of carbonyl (C=O) groups is 1. The molecule has 2 amide bonds. The Labute approximate surface area is 124 Å². The Hall–Kier alpha value is -0.620. The fourth-order valence-electron chi connectivity index (χ4n) is 2.51. The van der Waals surface area contributed by atoms with Crippen molar-refractivity contribution >= 4 is 16.8 Å². The lowest BCUT2D eigenvalue weighted by atomic mass is 9.95. The molecule has 5 atom stereocenters. The minimum atomic E-state index is -0.865. The Morgan fingerprint density at radius 1 is 1.35 bits per heavy atom. The van der Waals surface area contributed by atoms with Gasteiger partial charge < -0.3 is 15.7 Å². The van der Waals surface area contributed by atoms with Crippen molar-refractivity contribution < 1.29 is 14.1 Å². The molecule has 0 aliphatic heterocycles. The summed E-state index contributed by atoms with van der Waals surface area (Å²) in [6.07, 6.45) is 3.99. The lowest BCUT2D eigenvalue weighted by Gasteiger charge is -2.32. The number of nitrogens with one attached hydrogen (secondary N) is 2. The van der Waals surface area contributed by atoms with Crippen LogP contribution in [-0.4, -0.2) is 45.0 Å². The summed E-state index contributed by atoms with van der Waals surface area (Å²) in [4.78, 5) is 12.0. The fraction of sp³-hybridized carbons (Fsp3) is 0.929. The maximum atomic E-state index is 12.0. The molecule has 3 N–H and O–H groups in total. The molecular formula is C14H28N2O3S. The van der Waals surface area contributed by atoms with Crippen LogP contribution < -0.4 is 10.6 Å². The average Bonchev–Trinajstić information content (AvgIpc) is 2.45. The first-order valence-electron chi connectivity index (χ1n) is 7.54. The van der Waals surface area contributed by atoms with Crippen molar-refractivity contribution in [2.75, 3.05) is 12.4 Å². The lowest BCUT2D eigenvalue weighted by molar-refractivity contribution is 0.197. The standard InChI is InChI=1S/C14H28N2O3S/c1-4-20(19)13-8-6-5-7-12(13)16-14(18)15-11(3)10(2)9-17/h10-13,17H,4-9H2,1-3H3,(H2,15,16,18)/t10-,11-,12-,13+,20+/m0/s1. The number of rotatable bonds is 6. The van der Waals surface area contributed by atoms with E-state index in [0.717, 1.165) is 25.7 Å². The van der Waals surface area contributed by atoms with E-state index in [1.165, 1.54) is 0 Å². The van der Waals surface area contributed by atoms with Crippen LogP contribution in [0.25, 0.3) is 0 Å². The molecule has 5 nitrogen and oxygen atoms in total. The van der Waals surface area contributed by atoms with Gasteiger partial charge in [-0.3, -0.25) is 4.21 Å². The topological polar surface area (TPSA) is 78.4 Å². The second-order valence-electron chi connectivity index (χ2n) is 5.67. The quantitative estimate of drug-likeness (QED) is 0.694. The van der Waals surface area contributed by atoms with E-state index in [2.05, 4.69) is 10.6 Å². The summed E-state index contributed by atoms with van der Waals surface area (Å²) in [6, 6.07) is -0.303. The van der Waals surface area contributed by atoms with Crippen molar-refractivity contribution in [2.45, 2.75) is 63.8 Å². The second-order valence-corrected chi connectivity index (χ2v) is 7.61. The first-order chi connectivity index (χ1) is 9.49. The molecule has 0 heterocycles. The summed E-state index contributed by atoms with van der Waals surface area (Å²) in [7, 11) is -0.865. The van der Waals surface area contributed by atoms with E-state index in [1.807, 2.05) is 20.8 Å². The Kier molecular flexibility index (Phi) is 7.51. The van der Waals surface area contributed by atoms with Crippen LogP contribution in [0.5, 0.6) is 0 Å². The first-order valence-corrected chi connectivity index (χ1v) is 8.92. The second kappa shape index (κ2) is 8.62. The molecule has 6 heteroatoms. The van der Waals surface area contributed by atoms with Gasteiger partial charge in [0.2, 0.25) is 0 Å². The molecule has 0 spiro atoms. The SMILES string of the molecule is CC[S@@](=O)[C@@H]1CCCC[C@@H]1NC(=O)N[C@@H](C)[C@@H](C)CO.